The fourth-order valence-corrected chi connectivity index (χ4v) is 3.45. The summed E-state index contributed by atoms with van der Waals surface area (Å²) >= 11 is 1.52. The molecular formula is C20H27NOS. The molecule has 124 valence electrons. The molecule has 0 N–H and O–H groups in total. The van der Waals surface area contributed by atoms with Gasteiger partial charge < -0.3 is 4.90 Å². The summed E-state index contributed by atoms with van der Waals surface area (Å²) in [6.07, 6.45) is 7.27. The summed E-state index contributed by atoms with van der Waals surface area (Å²) in [7, 11) is 4.25. The minimum Gasteiger partial charge on any atom is -0.309 e. The van der Waals surface area contributed by atoms with Gasteiger partial charge in [0.2, 0.25) is 5.78 Å². The summed E-state index contributed by atoms with van der Waals surface area (Å²) in [6.45, 7) is 1.18. The zero-order valence-corrected chi connectivity index (χ0v) is 15.1. The van der Waals surface area contributed by atoms with Crippen LogP contribution in [-0.4, -0.2) is 31.3 Å². The highest BCUT2D eigenvalue weighted by molar-refractivity contribution is 7.12. The molecular weight excluding hydrogens is 302 g/mol. The normalized spacial score (nSPS) is 11.1. The minimum atomic E-state index is 0.168. The summed E-state index contributed by atoms with van der Waals surface area (Å²) in [5.74, 6) is 0.168. The lowest BCUT2D eigenvalue weighted by Crippen LogP contribution is -2.12. The molecule has 2 aromatic rings. The van der Waals surface area contributed by atoms with Crippen molar-refractivity contribution in [1.29, 1.82) is 0 Å². The monoisotopic (exact) mass is 329 g/mol. The first-order valence-corrected chi connectivity index (χ1v) is 9.37. The van der Waals surface area contributed by atoms with Crippen LogP contribution in [0.3, 0.4) is 0 Å². The second-order valence-electron chi connectivity index (χ2n) is 6.28. The lowest BCUT2D eigenvalue weighted by atomic mass is 9.97. The molecule has 3 heteroatoms. The maximum absolute atomic E-state index is 12.6. The molecule has 1 heterocycles. The van der Waals surface area contributed by atoms with E-state index in [2.05, 4.69) is 25.1 Å². The molecule has 0 saturated heterocycles. The Kier molecular flexibility index (Phi) is 7.50. The van der Waals surface area contributed by atoms with Crippen LogP contribution in [0.4, 0.5) is 0 Å². The van der Waals surface area contributed by atoms with Crippen LogP contribution in [0.1, 0.15) is 52.9 Å². The molecule has 0 spiro atoms. The van der Waals surface area contributed by atoms with Crippen LogP contribution in [0.5, 0.6) is 0 Å². The van der Waals surface area contributed by atoms with Crippen molar-refractivity contribution in [3.05, 3.63) is 57.8 Å². The molecule has 0 amide bonds. The second-order valence-corrected chi connectivity index (χ2v) is 7.23. The molecule has 0 fully saturated rings. The van der Waals surface area contributed by atoms with Crippen molar-refractivity contribution in [2.75, 3.05) is 20.6 Å². The van der Waals surface area contributed by atoms with Gasteiger partial charge in [-0.1, -0.05) is 49.6 Å². The first kappa shape index (κ1) is 17.9. The summed E-state index contributed by atoms with van der Waals surface area (Å²) in [6, 6.07) is 11.9. The number of aryl methyl sites for hydroxylation is 1. The van der Waals surface area contributed by atoms with Crippen molar-refractivity contribution in [2.45, 2.75) is 38.5 Å². The number of carbonyl (C=O) groups is 1. The quantitative estimate of drug-likeness (QED) is 0.450. The van der Waals surface area contributed by atoms with Gasteiger partial charge in [-0.15, -0.1) is 11.3 Å². The molecule has 1 aromatic carbocycles. The Morgan fingerprint density at radius 2 is 1.70 bits per heavy atom. The van der Waals surface area contributed by atoms with Gasteiger partial charge in [-0.2, -0.15) is 0 Å². The molecule has 1 aromatic heterocycles. The number of carbonyl (C=O) groups excluding carboxylic acids is 1. The smallest absolute Gasteiger partial charge is 0.203 e. The first-order chi connectivity index (χ1) is 11.2. The van der Waals surface area contributed by atoms with Gasteiger partial charge in [-0.25, -0.2) is 0 Å². The Morgan fingerprint density at radius 1 is 0.957 bits per heavy atom. The molecule has 0 aliphatic rings. The van der Waals surface area contributed by atoms with Gasteiger partial charge in [0.1, 0.15) is 0 Å². The highest BCUT2D eigenvalue weighted by Gasteiger charge is 2.13. The number of hydrogen-bond acceptors (Lipinski definition) is 3. The topological polar surface area (TPSA) is 20.3 Å². The minimum absolute atomic E-state index is 0.168. The predicted octanol–water partition coefficient (Wildman–Crippen LogP) is 5.03. The highest BCUT2D eigenvalue weighted by Crippen LogP contribution is 2.20. The van der Waals surface area contributed by atoms with E-state index in [0.29, 0.717) is 0 Å². The SMILES string of the molecule is CN(C)CCCCCCCc1ccccc1C(=O)c1cccs1. The second kappa shape index (κ2) is 9.64. The zero-order chi connectivity index (χ0) is 16.5. The van der Waals surface area contributed by atoms with E-state index in [1.165, 1.54) is 49.1 Å². The van der Waals surface area contributed by atoms with Gasteiger partial charge in [0.05, 0.1) is 4.88 Å². The molecule has 0 radical (unpaired) electrons. The van der Waals surface area contributed by atoms with Crippen molar-refractivity contribution >= 4 is 17.1 Å². The van der Waals surface area contributed by atoms with E-state index in [1.54, 1.807) is 0 Å². The van der Waals surface area contributed by atoms with Crippen LogP contribution in [0.2, 0.25) is 0 Å². The Labute approximate surface area is 144 Å². The standard InChI is InChI=1S/C20H27NOS/c1-21(2)15-9-5-3-4-6-11-17-12-7-8-13-18(17)20(22)19-14-10-16-23-19/h7-8,10,12-14,16H,3-6,9,11,15H2,1-2H3. The number of thiophene rings is 1. The molecule has 0 unspecified atom stereocenters. The van der Waals surface area contributed by atoms with E-state index in [-0.39, 0.29) is 5.78 Å². The molecule has 0 atom stereocenters. The lowest BCUT2D eigenvalue weighted by Gasteiger charge is -2.09. The summed E-state index contributed by atoms with van der Waals surface area (Å²) in [5, 5.41) is 1.96. The molecule has 0 aliphatic carbocycles. The zero-order valence-electron chi connectivity index (χ0n) is 14.3. The number of rotatable bonds is 10. The number of hydrogen-bond donors (Lipinski definition) is 0. The van der Waals surface area contributed by atoms with Crippen LogP contribution < -0.4 is 0 Å². The maximum atomic E-state index is 12.6. The number of unbranched alkanes of at least 4 members (excludes halogenated alkanes) is 4. The van der Waals surface area contributed by atoms with Crippen molar-refractivity contribution < 1.29 is 4.79 Å². The average Bonchev–Trinajstić information content (AvgIpc) is 3.08. The van der Waals surface area contributed by atoms with Crippen molar-refractivity contribution in [3.63, 3.8) is 0 Å². The molecule has 0 saturated carbocycles. The Morgan fingerprint density at radius 3 is 2.43 bits per heavy atom. The van der Waals surface area contributed by atoms with Gasteiger partial charge in [0, 0.05) is 5.56 Å². The van der Waals surface area contributed by atoms with Gasteiger partial charge in [0.25, 0.3) is 0 Å². The van der Waals surface area contributed by atoms with E-state index in [4.69, 9.17) is 0 Å². The fraction of sp³-hybridized carbons (Fsp3) is 0.450. The van der Waals surface area contributed by atoms with E-state index in [0.717, 1.165) is 23.3 Å². The van der Waals surface area contributed by atoms with Gasteiger partial charge in [-0.05, 0) is 56.9 Å². The third-order valence-electron chi connectivity index (χ3n) is 4.06. The van der Waals surface area contributed by atoms with E-state index < -0.39 is 0 Å². The highest BCUT2D eigenvalue weighted by atomic mass is 32.1. The van der Waals surface area contributed by atoms with Crippen LogP contribution in [0.25, 0.3) is 0 Å². The van der Waals surface area contributed by atoms with Crippen LogP contribution >= 0.6 is 11.3 Å². The number of ketones is 1. The average molecular weight is 330 g/mol. The van der Waals surface area contributed by atoms with Crippen molar-refractivity contribution in [3.8, 4) is 0 Å². The first-order valence-electron chi connectivity index (χ1n) is 8.49. The van der Waals surface area contributed by atoms with E-state index >= 15 is 0 Å². The third kappa shape index (κ3) is 5.92. The Hall–Kier alpha value is -1.45. The fourth-order valence-electron chi connectivity index (χ4n) is 2.77. The molecule has 0 bridgehead atoms. The van der Waals surface area contributed by atoms with Gasteiger partial charge in [-0.3, -0.25) is 4.79 Å². The number of nitrogens with zero attached hydrogens (tertiary/aromatic N) is 1. The largest absolute Gasteiger partial charge is 0.309 e. The molecule has 0 aliphatic heterocycles. The maximum Gasteiger partial charge on any atom is 0.203 e. The molecule has 2 nitrogen and oxygen atoms in total. The number of benzene rings is 1. The summed E-state index contributed by atoms with van der Waals surface area (Å²) in [4.78, 5) is 15.6. The van der Waals surface area contributed by atoms with Crippen molar-refractivity contribution in [2.24, 2.45) is 0 Å². The van der Waals surface area contributed by atoms with Gasteiger partial charge in [0.15, 0.2) is 0 Å². The van der Waals surface area contributed by atoms with Crippen LogP contribution in [0, 0.1) is 0 Å². The van der Waals surface area contributed by atoms with Gasteiger partial charge >= 0.3 is 0 Å². The molecule has 2 rings (SSSR count). The lowest BCUT2D eigenvalue weighted by molar-refractivity contribution is 0.104. The Balaban J connectivity index is 1.81. The van der Waals surface area contributed by atoms with Crippen LogP contribution in [0.15, 0.2) is 41.8 Å². The Bertz CT molecular complexity index is 589. The molecule has 23 heavy (non-hydrogen) atoms. The van der Waals surface area contributed by atoms with E-state index in [1.807, 2.05) is 35.7 Å². The van der Waals surface area contributed by atoms with Crippen LogP contribution in [-0.2, 0) is 6.42 Å². The summed E-state index contributed by atoms with van der Waals surface area (Å²) < 4.78 is 0. The van der Waals surface area contributed by atoms with E-state index in [9.17, 15) is 4.79 Å². The summed E-state index contributed by atoms with van der Waals surface area (Å²) in [5.41, 5.74) is 2.07. The predicted molar refractivity (Wildman–Crippen MR) is 99.5 cm³/mol. The third-order valence-corrected chi connectivity index (χ3v) is 4.93. The van der Waals surface area contributed by atoms with Crippen molar-refractivity contribution in [1.82, 2.24) is 4.90 Å².